The van der Waals surface area contributed by atoms with Gasteiger partial charge in [-0.05, 0) is 55.3 Å². The molecule has 0 aliphatic carbocycles. The molecule has 0 saturated carbocycles. The number of fused-ring (bicyclic) bond motifs is 1. The van der Waals surface area contributed by atoms with Crippen molar-refractivity contribution in [3.8, 4) is 0 Å². The number of nitrogens with zero attached hydrogens (tertiary/aromatic N) is 1. The van der Waals surface area contributed by atoms with Crippen molar-refractivity contribution in [3.05, 3.63) is 94.5 Å². The number of sulfonamides is 1. The minimum absolute atomic E-state index is 0.0805. The van der Waals surface area contributed by atoms with Crippen molar-refractivity contribution in [2.75, 3.05) is 4.72 Å². The molecule has 152 valence electrons. The van der Waals surface area contributed by atoms with Gasteiger partial charge in [0.1, 0.15) is 0 Å². The normalized spacial score (nSPS) is 13.5. The molecule has 1 N–H and O–H groups in total. The van der Waals surface area contributed by atoms with Crippen molar-refractivity contribution in [2.45, 2.75) is 25.3 Å². The highest BCUT2D eigenvalue weighted by Gasteiger charge is 2.34. The van der Waals surface area contributed by atoms with Crippen molar-refractivity contribution in [2.24, 2.45) is 0 Å². The van der Waals surface area contributed by atoms with Crippen LogP contribution in [0, 0.1) is 13.8 Å². The van der Waals surface area contributed by atoms with Crippen LogP contribution in [-0.2, 0) is 16.6 Å². The molecule has 6 nitrogen and oxygen atoms in total. The van der Waals surface area contributed by atoms with Crippen molar-refractivity contribution in [1.82, 2.24) is 4.90 Å². The quantitative estimate of drug-likeness (QED) is 0.635. The van der Waals surface area contributed by atoms with Crippen LogP contribution >= 0.6 is 0 Å². The van der Waals surface area contributed by atoms with Crippen molar-refractivity contribution in [3.63, 3.8) is 0 Å². The maximum Gasteiger partial charge on any atom is 0.261 e. The maximum absolute atomic E-state index is 12.7. The number of carbonyl (C=O) groups is 2. The summed E-state index contributed by atoms with van der Waals surface area (Å²) in [6.07, 6.45) is 0. The Kier molecular flexibility index (Phi) is 4.91. The average molecular weight is 420 g/mol. The topological polar surface area (TPSA) is 83.6 Å². The average Bonchev–Trinajstić information content (AvgIpc) is 2.96. The molecule has 1 aliphatic heterocycles. The first kappa shape index (κ1) is 19.8. The van der Waals surface area contributed by atoms with Gasteiger partial charge in [-0.25, -0.2) is 8.42 Å². The minimum atomic E-state index is -3.76. The van der Waals surface area contributed by atoms with Crippen LogP contribution in [0.25, 0.3) is 0 Å². The van der Waals surface area contributed by atoms with Crippen LogP contribution in [0.15, 0.2) is 71.6 Å². The number of benzene rings is 3. The maximum atomic E-state index is 12.7. The van der Waals surface area contributed by atoms with Gasteiger partial charge >= 0.3 is 0 Å². The molecule has 0 fully saturated rings. The molecule has 0 bridgehead atoms. The van der Waals surface area contributed by atoms with Crippen molar-refractivity contribution < 1.29 is 18.0 Å². The van der Waals surface area contributed by atoms with Gasteiger partial charge in [0.15, 0.2) is 0 Å². The monoisotopic (exact) mass is 420 g/mol. The smallest absolute Gasteiger partial charge is 0.261 e. The number of imide groups is 1. The molecule has 0 aromatic heterocycles. The second-order valence-electron chi connectivity index (χ2n) is 7.31. The molecule has 3 aromatic rings. The Morgan fingerprint density at radius 3 is 2.00 bits per heavy atom. The van der Waals surface area contributed by atoms with E-state index in [1.165, 1.54) is 17.0 Å². The molecule has 7 heteroatoms. The van der Waals surface area contributed by atoms with Crippen molar-refractivity contribution in [1.29, 1.82) is 0 Å². The lowest BCUT2D eigenvalue weighted by Gasteiger charge is -2.15. The lowest BCUT2D eigenvalue weighted by Crippen LogP contribution is -2.29. The Labute approximate surface area is 175 Å². The van der Waals surface area contributed by atoms with E-state index < -0.39 is 10.0 Å². The van der Waals surface area contributed by atoms with E-state index in [0.717, 1.165) is 11.1 Å². The third-order valence-electron chi connectivity index (χ3n) is 5.08. The summed E-state index contributed by atoms with van der Waals surface area (Å²) >= 11 is 0. The summed E-state index contributed by atoms with van der Waals surface area (Å²) in [6, 6.07) is 18.3. The van der Waals surface area contributed by atoms with E-state index in [-0.39, 0.29) is 23.3 Å². The van der Waals surface area contributed by atoms with Gasteiger partial charge in [0.2, 0.25) is 0 Å². The predicted molar refractivity (Wildman–Crippen MR) is 114 cm³/mol. The molecule has 1 heterocycles. The van der Waals surface area contributed by atoms with Crippen LogP contribution in [-0.4, -0.2) is 25.1 Å². The van der Waals surface area contributed by atoms with Gasteiger partial charge in [-0.15, -0.1) is 0 Å². The highest BCUT2D eigenvalue weighted by atomic mass is 32.2. The molecule has 1 aliphatic rings. The molecule has 0 radical (unpaired) electrons. The van der Waals surface area contributed by atoms with Crippen molar-refractivity contribution >= 4 is 27.5 Å². The summed E-state index contributed by atoms with van der Waals surface area (Å²) in [4.78, 5) is 26.3. The number of amides is 2. The molecule has 0 unspecified atom stereocenters. The van der Waals surface area contributed by atoms with Gasteiger partial charge in [0.25, 0.3) is 21.8 Å². The predicted octanol–water partition coefficient (Wildman–Crippen LogP) is 3.90. The second-order valence-corrected chi connectivity index (χ2v) is 8.99. The van der Waals surface area contributed by atoms with E-state index in [4.69, 9.17) is 0 Å². The number of carbonyl (C=O) groups excluding carboxylic acids is 2. The lowest BCUT2D eigenvalue weighted by molar-refractivity contribution is 0.0642. The van der Waals surface area contributed by atoms with E-state index in [0.29, 0.717) is 22.4 Å². The summed E-state index contributed by atoms with van der Waals surface area (Å²) < 4.78 is 28.0. The van der Waals surface area contributed by atoms with Gasteiger partial charge in [-0.2, -0.15) is 0 Å². The number of nitrogens with one attached hydrogen (secondary N) is 1. The Bertz CT molecular complexity index is 1230. The third-order valence-corrected chi connectivity index (χ3v) is 6.46. The number of hydrogen-bond acceptors (Lipinski definition) is 4. The second kappa shape index (κ2) is 7.42. The van der Waals surface area contributed by atoms with Gasteiger partial charge in [0, 0.05) is 0 Å². The largest absolute Gasteiger partial charge is 0.279 e. The molecule has 0 atom stereocenters. The highest BCUT2D eigenvalue weighted by molar-refractivity contribution is 7.92. The summed E-state index contributed by atoms with van der Waals surface area (Å²) in [6.45, 7) is 3.87. The standard InChI is InChI=1S/C23H20N2O4S/c1-15-7-12-21(16(2)13-15)24-30(28,29)18-10-8-17(9-11-18)14-25-22(26)19-5-3-4-6-20(19)23(25)27/h3-13,24H,14H2,1-2H3. The summed E-state index contributed by atoms with van der Waals surface area (Å²) in [5.41, 5.74) is 3.85. The van der Waals surface area contributed by atoms with E-state index >= 15 is 0 Å². The van der Waals surface area contributed by atoms with E-state index in [1.54, 1.807) is 42.5 Å². The molecular formula is C23H20N2O4S. The Morgan fingerprint density at radius 1 is 0.833 bits per heavy atom. The van der Waals surface area contributed by atoms with Crippen LogP contribution in [0.5, 0.6) is 0 Å². The molecule has 4 rings (SSSR count). The summed E-state index contributed by atoms with van der Waals surface area (Å²) in [5, 5.41) is 0. The van der Waals surface area contributed by atoms with Gasteiger partial charge in [-0.3, -0.25) is 19.2 Å². The van der Waals surface area contributed by atoms with Crippen LogP contribution in [0.1, 0.15) is 37.4 Å². The molecule has 30 heavy (non-hydrogen) atoms. The molecular weight excluding hydrogens is 400 g/mol. The number of hydrogen-bond donors (Lipinski definition) is 1. The Hall–Kier alpha value is -3.45. The first-order chi connectivity index (χ1) is 14.3. The van der Waals surface area contributed by atoms with E-state index in [1.807, 2.05) is 26.0 Å². The number of aryl methyl sites for hydroxylation is 2. The van der Waals surface area contributed by atoms with E-state index in [9.17, 15) is 18.0 Å². The third kappa shape index (κ3) is 3.59. The molecule has 2 amide bonds. The van der Waals surface area contributed by atoms with E-state index in [2.05, 4.69) is 4.72 Å². The minimum Gasteiger partial charge on any atom is -0.279 e. The zero-order valence-corrected chi connectivity index (χ0v) is 17.4. The fourth-order valence-electron chi connectivity index (χ4n) is 3.47. The Morgan fingerprint density at radius 2 is 1.43 bits per heavy atom. The van der Waals surface area contributed by atoms with Crippen LogP contribution in [0.4, 0.5) is 5.69 Å². The van der Waals surface area contributed by atoms with Gasteiger partial charge in [-0.1, -0.05) is 42.0 Å². The SMILES string of the molecule is Cc1ccc(NS(=O)(=O)c2ccc(CN3C(=O)c4ccccc4C3=O)cc2)c(C)c1. The zero-order chi connectivity index (χ0) is 21.5. The lowest BCUT2D eigenvalue weighted by atomic mass is 10.1. The van der Waals surface area contributed by atoms with Gasteiger partial charge in [0.05, 0.1) is 28.3 Å². The van der Waals surface area contributed by atoms with Crippen LogP contribution in [0.2, 0.25) is 0 Å². The van der Waals surface area contributed by atoms with Crippen LogP contribution < -0.4 is 4.72 Å². The summed E-state index contributed by atoms with van der Waals surface area (Å²) in [5.74, 6) is -0.687. The summed E-state index contributed by atoms with van der Waals surface area (Å²) in [7, 11) is -3.76. The first-order valence-electron chi connectivity index (χ1n) is 9.40. The highest BCUT2D eigenvalue weighted by Crippen LogP contribution is 2.25. The number of rotatable bonds is 5. The fourth-order valence-corrected chi connectivity index (χ4v) is 4.60. The zero-order valence-electron chi connectivity index (χ0n) is 16.5. The fraction of sp³-hybridized carbons (Fsp3) is 0.130. The van der Waals surface area contributed by atoms with Crippen LogP contribution in [0.3, 0.4) is 0 Å². The Balaban J connectivity index is 1.52. The molecule has 3 aromatic carbocycles. The van der Waals surface area contributed by atoms with Gasteiger partial charge < -0.3 is 0 Å². The number of anilines is 1. The molecule has 0 saturated heterocycles. The first-order valence-corrected chi connectivity index (χ1v) is 10.9. The molecule has 0 spiro atoms.